The third-order valence-electron chi connectivity index (χ3n) is 2.13. The van der Waals surface area contributed by atoms with Crippen LogP contribution in [0.5, 0.6) is 0 Å². The van der Waals surface area contributed by atoms with Gasteiger partial charge in [-0.3, -0.25) is 0 Å². The van der Waals surface area contributed by atoms with Crippen LogP contribution in [-0.4, -0.2) is 33.1 Å². The second-order valence-electron chi connectivity index (χ2n) is 3.18. The van der Waals surface area contributed by atoms with E-state index < -0.39 is 0 Å². The average Bonchev–Trinajstić information content (AvgIpc) is 2.75. The number of hydrogen-bond donors (Lipinski definition) is 0. The molecule has 0 amide bonds. The zero-order valence-electron chi connectivity index (χ0n) is 9.89. The van der Waals surface area contributed by atoms with E-state index in [1.807, 2.05) is 6.92 Å². The highest BCUT2D eigenvalue weighted by atomic mass is 32.2. The van der Waals surface area contributed by atoms with Crippen molar-refractivity contribution in [1.82, 2.24) is 0 Å². The Bertz CT molecular complexity index is 289. The third kappa shape index (κ3) is 4.84. The molecular weight excluding hydrogens is 244 g/mol. The lowest BCUT2D eigenvalue weighted by molar-refractivity contribution is -0.174. The van der Waals surface area contributed by atoms with Crippen LogP contribution in [0, 0.1) is 0 Å². The van der Waals surface area contributed by atoms with Gasteiger partial charge in [0.15, 0.2) is 6.29 Å². The number of thioether (sulfide) groups is 1. The van der Waals surface area contributed by atoms with E-state index in [4.69, 9.17) is 14.2 Å². The zero-order valence-corrected chi connectivity index (χ0v) is 11.5. The normalized spacial score (nSPS) is 12.9. The van der Waals surface area contributed by atoms with Crippen molar-refractivity contribution in [3.8, 4) is 0 Å². The van der Waals surface area contributed by atoms with E-state index in [2.05, 4.69) is 17.7 Å². The van der Waals surface area contributed by atoms with E-state index in [9.17, 15) is 0 Å². The van der Waals surface area contributed by atoms with Crippen molar-refractivity contribution in [2.24, 2.45) is 0 Å². The molecule has 0 N–H and O–H groups in total. The molecule has 0 spiro atoms. The number of thiophene rings is 1. The van der Waals surface area contributed by atoms with Gasteiger partial charge in [-0.25, -0.2) is 0 Å². The van der Waals surface area contributed by atoms with Gasteiger partial charge in [-0.1, -0.05) is 0 Å². The van der Waals surface area contributed by atoms with Crippen LogP contribution in [-0.2, 0) is 20.6 Å². The second-order valence-corrected chi connectivity index (χ2v) is 5.17. The Morgan fingerprint density at radius 1 is 1.50 bits per heavy atom. The molecule has 0 bridgehead atoms. The summed E-state index contributed by atoms with van der Waals surface area (Å²) in [4.78, 5) is 0. The van der Waals surface area contributed by atoms with Crippen molar-refractivity contribution >= 4 is 23.1 Å². The summed E-state index contributed by atoms with van der Waals surface area (Å²) in [5, 5.41) is 2.12. The van der Waals surface area contributed by atoms with E-state index in [1.54, 1.807) is 30.2 Å². The highest BCUT2D eigenvalue weighted by Crippen LogP contribution is 2.26. The molecule has 0 aliphatic carbocycles. The van der Waals surface area contributed by atoms with Gasteiger partial charge in [-0.15, -0.1) is 23.1 Å². The standard InChI is InChI=1S/C11H18O3S2/c1-9(12-2)14-8-13-6-4-10-5-7-16-11(10)15-3/h5,7,9H,4,6,8H2,1-3H3. The largest absolute Gasteiger partial charge is 0.356 e. The predicted octanol–water partition coefficient (Wildman–Crippen LogP) is 3.00. The Balaban J connectivity index is 2.11. The number of rotatable bonds is 8. The van der Waals surface area contributed by atoms with Crippen LogP contribution >= 0.6 is 23.1 Å². The number of methoxy groups -OCH3 is 1. The number of hydrogen-bond acceptors (Lipinski definition) is 5. The molecule has 0 radical (unpaired) electrons. The van der Waals surface area contributed by atoms with Gasteiger partial charge >= 0.3 is 0 Å². The highest BCUT2D eigenvalue weighted by molar-refractivity contribution is 8.00. The predicted molar refractivity (Wildman–Crippen MR) is 68.2 cm³/mol. The molecule has 1 rings (SSSR count). The molecule has 3 nitrogen and oxygen atoms in total. The highest BCUT2D eigenvalue weighted by Gasteiger charge is 2.03. The molecule has 16 heavy (non-hydrogen) atoms. The van der Waals surface area contributed by atoms with Gasteiger partial charge in [0.2, 0.25) is 0 Å². The third-order valence-corrected chi connectivity index (χ3v) is 4.30. The fraction of sp³-hybridized carbons (Fsp3) is 0.636. The first-order valence-electron chi connectivity index (χ1n) is 5.10. The minimum Gasteiger partial charge on any atom is -0.356 e. The maximum Gasteiger partial charge on any atom is 0.157 e. The summed E-state index contributed by atoms with van der Waals surface area (Å²) in [5.41, 5.74) is 1.36. The fourth-order valence-corrected chi connectivity index (χ4v) is 2.80. The van der Waals surface area contributed by atoms with Gasteiger partial charge in [-0.05, 0) is 36.6 Å². The molecule has 0 saturated carbocycles. The van der Waals surface area contributed by atoms with Gasteiger partial charge in [0.25, 0.3) is 0 Å². The Morgan fingerprint density at radius 2 is 2.31 bits per heavy atom. The number of ether oxygens (including phenoxy) is 3. The molecule has 0 aromatic carbocycles. The smallest absolute Gasteiger partial charge is 0.157 e. The first kappa shape index (κ1) is 14.0. The minimum absolute atomic E-state index is 0.206. The van der Waals surface area contributed by atoms with E-state index in [0.717, 1.165) is 6.42 Å². The average molecular weight is 262 g/mol. The first-order valence-corrected chi connectivity index (χ1v) is 7.21. The van der Waals surface area contributed by atoms with E-state index >= 15 is 0 Å². The van der Waals surface area contributed by atoms with Crippen molar-refractivity contribution in [3.63, 3.8) is 0 Å². The lowest BCUT2D eigenvalue weighted by atomic mass is 10.2. The summed E-state index contributed by atoms with van der Waals surface area (Å²) in [6.45, 7) is 2.81. The maximum atomic E-state index is 5.37. The molecule has 1 atom stereocenters. The molecule has 92 valence electrons. The summed E-state index contributed by atoms with van der Waals surface area (Å²) < 4.78 is 16.9. The molecule has 1 unspecified atom stereocenters. The lowest BCUT2D eigenvalue weighted by Gasteiger charge is -2.10. The molecule has 5 heteroatoms. The van der Waals surface area contributed by atoms with Gasteiger partial charge in [-0.2, -0.15) is 0 Å². The SMILES string of the molecule is COC(C)OCOCCc1ccsc1SC. The van der Waals surface area contributed by atoms with Crippen LogP contribution in [0.25, 0.3) is 0 Å². The summed E-state index contributed by atoms with van der Waals surface area (Å²) >= 11 is 3.56. The topological polar surface area (TPSA) is 27.7 Å². The van der Waals surface area contributed by atoms with Gasteiger partial charge in [0.05, 0.1) is 10.8 Å². The molecule has 0 saturated heterocycles. The Morgan fingerprint density at radius 3 is 3.00 bits per heavy atom. The summed E-state index contributed by atoms with van der Waals surface area (Å²) in [6.07, 6.45) is 2.83. The van der Waals surface area contributed by atoms with Crippen LogP contribution < -0.4 is 0 Å². The van der Waals surface area contributed by atoms with E-state index in [1.165, 1.54) is 9.77 Å². The van der Waals surface area contributed by atoms with E-state index in [0.29, 0.717) is 6.61 Å². The summed E-state index contributed by atoms with van der Waals surface area (Å²) in [7, 11) is 1.61. The van der Waals surface area contributed by atoms with Crippen LogP contribution in [0.4, 0.5) is 0 Å². The lowest BCUT2D eigenvalue weighted by Crippen LogP contribution is -2.13. The van der Waals surface area contributed by atoms with Gasteiger partial charge in [0.1, 0.15) is 6.79 Å². The minimum atomic E-state index is -0.206. The Labute approximate surface area is 105 Å². The van der Waals surface area contributed by atoms with Crippen LogP contribution in [0.1, 0.15) is 12.5 Å². The van der Waals surface area contributed by atoms with Crippen molar-refractivity contribution in [2.75, 3.05) is 26.8 Å². The van der Waals surface area contributed by atoms with Crippen molar-refractivity contribution in [3.05, 3.63) is 17.0 Å². The molecule has 0 aliphatic heterocycles. The van der Waals surface area contributed by atoms with Crippen molar-refractivity contribution in [1.29, 1.82) is 0 Å². The quantitative estimate of drug-likeness (QED) is 0.409. The van der Waals surface area contributed by atoms with Crippen molar-refractivity contribution < 1.29 is 14.2 Å². The molecule has 1 aromatic heterocycles. The Hall–Kier alpha value is -0.0700. The molecule has 1 heterocycles. The molecule has 0 aliphatic rings. The van der Waals surface area contributed by atoms with Gasteiger partial charge < -0.3 is 14.2 Å². The first-order chi connectivity index (χ1) is 7.77. The van der Waals surface area contributed by atoms with E-state index in [-0.39, 0.29) is 13.1 Å². The summed E-state index contributed by atoms with van der Waals surface area (Å²) in [5.74, 6) is 0. The fourth-order valence-electron chi connectivity index (χ4n) is 1.14. The molecular formula is C11H18O3S2. The molecule has 1 aromatic rings. The maximum absolute atomic E-state index is 5.37. The van der Waals surface area contributed by atoms with Crippen LogP contribution in [0.3, 0.4) is 0 Å². The Kier molecular flexibility index (Phi) is 7.07. The molecule has 0 fully saturated rings. The second kappa shape index (κ2) is 8.08. The summed E-state index contributed by atoms with van der Waals surface area (Å²) in [6, 6.07) is 2.15. The monoisotopic (exact) mass is 262 g/mol. The van der Waals surface area contributed by atoms with Crippen LogP contribution in [0.2, 0.25) is 0 Å². The zero-order chi connectivity index (χ0) is 11.8. The van der Waals surface area contributed by atoms with Crippen LogP contribution in [0.15, 0.2) is 15.7 Å². The van der Waals surface area contributed by atoms with Crippen molar-refractivity contribution in [2.45, 2.75) is 23.8 Å². The van der Waals surface area contributed by atoms with Gasteiger partial charge in [0, 0.05) is 7.11 Å².